The van der Waals surface area contributed by atoms with E-state index < -0.39 is 0 Å². The fourth-order valence-corrected chi connectivity index (χ4v) is 2.80. The molecule has 0 spiro atoms. The first kappa shape index (κ1) is 13.6. The molecule has 2 aromatic heterocycles. The predicted octanol–water partition coefficient (Wildman–Crippen LogP) is 2.25. The molecule has 0 aliphatic heterocycles. The van der Waals surface area contributed by atoms with Gasteiger partial charge in [-0.2, -0.15) is 5.10 Å². The van der Waals surface area contributed by atoms with Gasteiger partial charge >= 0.3 is 0 Å². The van der Waals surface area contributed by atoms with E-state index in [2.05, 4.69) is 15.4 Å². The molecule has 0 atom stereocenters. The highest BCUT2D eigenvalue weighted by atomic mass is 16.2. The zero-order valence-corrected chi connectivity index (χ0v) is 11.9. The molecule has 0 aromatic carbocycles. The summed E-state index contributed by atoms with van der Waals surface area (Å²) < 4.78 is 1.82. The number of hydrogen-bond acceptors (Lipinski definition) is 3. The number of carbonyl (C=O) groups is 1. The standard InChI is InChI=1S/C15H18N4O2/c1-10-8-11(9-16-14(10)20)18-15(21)13-6-7-17-19(13)12-4-2-3-5-12/h6-9,12H,2-5H2,1H3,(H,16,20)(H,18,21). The molecule has 0 unspecified atom stereocenters. The van der Waals surface area contributed by atoms with Gasteiger partial charge in [0.1, 0.15) is 5.69 Å². The van der Waals surface area contributed by atoms with Crippen molar-refractivity contribution in [3.63, 3.8) is 0 Å². The maximum atomic E-state index is 12.4. The molecule has 110 valence electrons. The maximum Gasteiger partial charge on any atom is 0.273 e. The number of pyridine rings is 1. The number of aromatic amines is 1. The summed E-state index contributed by atoms with van der Waals surface area (Å²) in [6, 6.07) is 3.71. The van der Waals surface area contributed by atoms with Crippen molar-refractivity contribution in [1.82, 2.24) is 14.8 Å². The molecule has 1 amide bonds. The van der Waals surface area contributed by atoms with E-state index in [0.717, 1.165) is 12.8 Å². The van der Waals surface area contributed by atoms with E-state index >= 15 is 0 Å². The van der Waals surface area contributed by atoms with Gasteiger partial charge in [0.15, 0.2) is 0 Å². The zero-order chi connectivity index (χ0) is 14.8. The number of rotatable bonds is 3. The number of amides is 1. The van der Waals surface area contributed by atoms with E-state index in [1.54, 1.807) is 25.3 Å². The molecule has 0 radical (unpaired) electrons. The molecule has 1 aliphatic carbocycles. The quantitative estimate of drug-likeness (QED) is 0.908. The molecular weight excluding hydrogens is 268 g/mol. The molecule has 21 heavy (non-hydrogen) atoms. The molecule has 2 heterocycles. The number of nitrogens with one attached hydrogen (secondary N) is 2. The second kappa shape index (κ2) is 5.55. The van der Waals surface area contributed by atoms with Crippen LogP contribution in [0, 0.1) is 6.92 Å². The van der Waals surface area contributed by atoms with Gasteiger partial charge in [-0.3, -0.25) is 14.3 Å². The monoisotopic (exact) mass is 286 g/mol. The van der Waals surface area contributed by atoms with Crippen LogP contribution in [0.2, 0.25) is 0 Å². The first-order valence-corrected chi connectivity index (χ1v) is 7.19. The fourth-order valence-electron chi connectivity index (χ4n) is 2.80. The minimum absolute atomic E-state index is 0.149. The van der Waals surface area contributed by atoms with Crippen molar-refractivity contribution in [2.75, 3.05) is 5.32 Å². The van der Waals surface area contributed by atoms with Crippen LogP contribution in [-0.4, -0.2) is 20.7 Å². The van der Waals surface area contributed by atoms with Crippen molar-refractivity contribution in [2.45, 2.75) is 38.6 Å². The third kappa shape index (κ3) is 2.74. The van der Waals surface area contributed by atoms with Crippen LogP contribution >= 0.6 is 0 Å². The van der Waals surface area contributed by atoms with Gasteiger partial charge in [-0.05, 0) is 31.9 Å². The Bertz CT molecular complexity index is 710. The third-order valence-electron chi connectivity index (χ3n) is 3.92. The number of anilines is 1. The Morgan fingerprint density at radius 1 is 1.43 bits per heavy atom. The summed E-state index contributed by atoms with van der Waals surface area (Å²) in [6.07, 6.45) is 7.67. The van der Waals surface area contributed by atoms with Gasteiger partial charge in [-0.15, -0.1) is 0 Å². The van der Waals surface area contributed by atoms with Crippen LogP contribution in [0.3, 0.4) is 0 Å². The van der Waals surface area contributed by atoms with Crippen LogP contribution in [0.1, 0.15) is 47.8 Å². The largest absolute Gasteiger partial charge is 0.327 e. The van der Waals surface area contributed by atoms with Gasteiger partial charge in [0.25, 0.3) is 11.5 Å². The van der Waals surface area contributed by atoms with Gasteiger partial charge < -0.3 is 10.3 Å². The van der Waals surface area contributed by atoms with Gasteiger partial charge in [0.2, 0.25) is 0 Å². The SMILES string of the molecule is Cc1cc(NC(=O)c2ccnn2C2CCCC2)c[nH]c1=O. The zero-order valence-electron chi connectivity index (χ0n) is 11.9. The van der Waals surface area contributed by atoms with E-state index in [1.807, 2.05) is 4.68 Å². The number of hydrogen-bond donors (Lipinski definition) is 2. The normalized spacial score (nSPS) is 15.3. The molecule has 6 heteroatoms. The van der Waals surface area contributed by atoms with Crippen molar-refractivity contribution in [3.8, 4) is 0 Å². The van der Waals surface area contributed by atoms with E-state index in [4.69, 9.17) is 0 Å². The smallest absolute Gasteiger partial charge is 0.273 e. The van der Waals surface area contributed by atoms with Crippen molar-refractivity contribution in [3.05, 3.63) is 46.1 Å². The van der Waals surface area contributed by atoms with Crippen LogP contribution in [0.25, 0.3) is 0 Å². The Balaban J connectivity index is 1.80. The Labute approximate surface area is 122 Å². The second-order valence-electron chi connectivity index (χ2n) is 5.45. The van der Waals surface area contributed by atoms with Crippen LogP contribution in [0.15, 0.2) is 29.3 Å². The van der Waals surface area contributed by atoms with E-state index in [9.17, 15) is 9.59 Å². The number of nitrogens with zero attached hydrogens (tertiary/aromatic N) is 2. The highest BCUT2D eigenvalue weighted by Gasteiger charge is 2.22. The van der Waals surface area contributed by atoms with Gasteiger partial charge in [0.05, 0.1) is 11.7 Å². The molecule has 2 aromatic rings. The lowest BCUT2D eigenvalue weighted by molar-refractivity contribution is 0.101. The summed E-state index contributed by atoms with van der Waals surface area (Å²) >= 11 is 0. The molecule has 1 saturated carbocycles. The van der Waals surface area contributed by atoms with Crippen molar-refractivity contribution >= 4 is 11.6 Å². The first-order chi connectivity index (χ1) is 10.1. The van der Waals surface area contributed by atoms with E-state index in [1.165, 1.54) is 19.0 Å². The number of H-pyrrole nitrogens is 1. The predicted molar refractivity (Wildman–Crippen MR) is 79.5 cm³/mol. The Morgan fingerprint density at radius 2 is 2.19 bits per heavy atom. The molecule has 3 rings (SSSR count). The lowest BCUT2D eigenvalue weighted by Crippen LogP contribution is -2.21. The lowest BCUT2D eigenvalue weighted by atomic mass is 10.2. The van der Waals surface area contributed by atoms with Crippen LogP contribution in [0.4, 0.5) is 5.69 Å². The van der Waals surface area contributed by atoms with Gasteiger partial charge in [-0.1, -0.05) is 12.8 Å². The van der Waals surface area contributed by atoms with Crippen molar-refractivity contribution in [1.29, 1.82) is 0 Å². The molecule has 1 aliphatic rings. The average Bonchev–Trinajstić information content (AvgIpc) is 3.12. The van der Waals surface area contributed by atoms with Crippen LogP contribution in [-0.2, 0) is 0 Å². The van der Waals surface area contributed by atoms with Crippen LogP contribution < -0.4 is 10.9 Å². The molecular formula is C15H18N4O2. The molecule has 6 nitrogen and oxygen atoms in total. The third-order valence-corrected chi connectivity index (χ3v) is 3.92. The molecule has 2 N–H and O–H groups in total. The fraction of sp³-hybridized carbons (Fsp3) is 0.400. The van der Waals surface area contributed by atoms with Crippen molar-refractivity contribution in [2.24, 2.45) is 0 Å². The molecule has 1 fully saturated rings. The van der Waals surface area contributed by atoms with Gasteiger partial charge in [0, 0.05) is 18.0 Å². The average molecular weight is 286 g/mol. The summed E-state index contributed by atoms with van der Waals surface area (Å²) in [5, 5.41) is 7.10. The molecule has 0 bridgehead atoms. The Kier molecular flexibility index (Phi) is 3.60. The minimum atomic E-state index is -0.203. The lowest BCUT2D eigenvalue weighted by Gasteiger charge is -2.14. The number of aromatic nitrogens is 3. The summed E-state index contributed by atoms with van der Waals surface area (Å²) in [5.74, 6) is -0.203. The number of carbonyl (C=O) groups excluding carboxylic acids is 1. The van der Waals surface area contributed by atoms with Gasteiger partial charge in [-0.25, -0.2) is 0 Å². The van der Waals surface area contributed by atoms with Crippen molar-refractivity contribution < 1.29 is 4.79 Å². The minimum Gasteiger partial charge on any atom is -0.327 e. The number of aryl methyl sites for hydroxylation is 1. The van der Waals surface area contributed by atoms with Crippen LogP contribution in [0.5, 0.6) is 0 Å². The summed E-state index contributed by atoms with van der Waals surface area (Å²) in [6.45, 7) is 1.71. The summed E-state index contributed by atoms with van der Waals surface area (Å²) in [5.41, 5.74) is 1.56. The Morgan fingerprint density at radius 3 is 2.90 bits per heavy atom. The summed E-state index contributed by atoms with van der Waals surface area (Å²) in [4.78, 5) is 26.3. The van der Waals surface area contributed by atoms with E-state index in [-0.39, 0.29) is 11.5 Å². The maximum absolute atomic E-state index is 12.4. The Hall–Kier alpha value is -2.37. The highest BCUT2D eigenvalue weighted by molar-refractivity contribution is 6.03. The molecule has 0 saturated heterocycles. The first-order valence-electron chi connectivity index (χ1n) is 7.19. The van der Waals surface area contributed by atoms with E-state index in [0.29, 0.717) is 23.0 Å². The highest BCUT2D eigenvalue weighted by Crippen LogP contribution is 2.29. The topological polar surface area (TPSA) is 79.8 Å². The second-order valence-corrected chi connectivity index (χ2v) is 5.45. The summed E-state index contributed by atoms with van der Waals surface area (Å²) in [7, 11) is 0.